The monoisotopic (exact) mass is 435 g/mol. The highest BCUT2D eigenvalue weighted by Crippen LogP contribution is 2.27. The van der Waals surface area contributed by atoms with Gasteiger partial charge in [0, 0.05) is 18.4 Å². The summed E-state index contributed by atoms with van der Waals surface area (Å²) in [5.74, 6) is 1.36. The van der Waals surface area contributed by atoms with Crippen LogP contribution in [0.15, 0.2) is 47.5 Å². The molecule has 2 aromatic heterocycles. The molecular weight excluding hydrogens is 402 g/mol. The topological polar surface area (TPSA) is 85.0 Å². The van der Waals surface area contributed by atoms with Crippen LogP contribution in [0, 0.1) is 12.8 Å². The van der Waals surface area contributed by atoms with E-state index in [1.54, 1.807) is 21.5 Å². The fourth-order valence-corrected chi connectivity index (χ4v) is 4.31. The van der Waals surface area contributed by atoms with Crippen molar-refractivity contribution in [3.8, 4) is 17.1 Å². The molecule has 0 radical (unpaired) electrons. The van der Waals surface area contributed by atoms with Gasteiger partial charge in [-0.1, -0.05) is 19.1 Å². The summed E-state index contributed by atoms with van der Waals surface area (Å²) in [4.78, 5) is 22.7. The summed E-state index contributed by atoms with van der Waals surface area (Å²) >= 11 is 0. The Kier molecular flexibility index (Phi) is 6.20. The minimum atomic E-state index is -0.742. The van der Waals surface area contributed by atoms with Crippen molar-refractivity contribution < 1.29 is 5.11 Å². The summed E-state index contributed by atoms with van der Waals surface area (Å²) < 4.78 is 3.25. The maximum Gasteiger partial charge on any atom is 0.333 e. The Bertz CT molecular complexity index is 1140. The zero-order valence-electron chi connectivity index (χ0n) is 19.4. The summed E-state index contributed by atoms with van der Waals surface area (Å²) in [6, 6.07) is 10.0. The number of aromatic nitrogens is 4. The lowest BCUT2D eigenvalue weighted by Crippen LogP contribution is -2.39. The molecule has 170 valence electrons. The van der Waals surface area contributed by atoms with E-state index in [9.17, 15) is 9.90 Å². The molecule has 0 aliphatic heterocycles. The van der Waals surface area contributed by atoms with Gasteiger partial charge in [-0.15, -0.1) is 0 Å². The smallest absolute Gasteiger partial charge is 0.333 e. The predicted octanol–water partition coefficient (Wildman–Crippen LogP) is 4.12. The van der Waals surface area contributed by atoms with Crippen LogP contribution in [0.25, 0.3) is 17.1 Å². The Hall–Kier alpha value is -2.93. The lowest BCUT2D eigenvalue weighted by molar-refractivity contribution is 0.161. The van der Waals surface area contributed by atoms with E-state index in [1.165, 1.54) is 12.8 Å². The normalized spacial score (nSPS) is 19.2. The molecule has 2 N–H and O–H groups in total. The molecule has 0 bridgehead atoms. The average Bonchev–Trinajstić information content (AvgIpc) is 3.13. The molecule has 1 aliphatic rings. The van der Waals surface area contributed by atoms with Crippen molar-refractivity contribution in [2.24, 2.45) is 5.92 Å². The minimum absolute atomic E-state index is 0.152. The number of hydrogen-bond donors (Lipinski definition) is 2. The average molecular weight is 436 g/mol. The lowest BCUT2D eigenvalue weighted by atomic mass is 9.87. The van der Waals surface area contributed by atoms with Gasteiger partial charge in [0.15, 0.2) is 0 Å². The quantitative estimate of drug-likeness (QED) is 0.608. The van der Waals surface area contributed by atoms with Crippen LogP contribution in [0.1, 0.15) is 52.0 Å². The molecule has 3 aromatic rings. The molecule has 4 rings (SSSR count). The highest BCUT2D eigenvalue weighted by molar-refractivity contribution is 5.59. The van der Waals surface area contributed by atoms with Crippen molar-refractivity contribution in [3.63, 3.8) is 0 Å². The number of aliphatic hydroxyl groups is 1. The molecule has 0 atom stereocenters. The zero-order chi connectivity index (χ0) is 22.9. The number of nitrogens with one attached hydrogen (secondary N) is 1. The molecule has 1 fully saturated rings. The van der Waals surface area contributed by atoms with E-state index >= 15 is 0 Å². The van der Waals surface area contributed by atoms with E-state index < -0.39 is 5.54 Å². The van der Waals surface area contributed by atoms with Gasteiger partial charge in [0.05, 0.1) is 29.2 Å². The van der Waals surface area contributed by atoms with Gasteiger partial charge in [-0.05, 0) is 76.1 Å². The maximum absolute atomic E-state index is 13.5. The molecule has 1 aliphatic carbocycles. The third-order valence-electron chi connectivity index (χ3n) is 6.46. The van der Waals surface area contributed by atoms with Gasteiger partial charge in [-0.2, -0.15) is 0 Å². The Labute approximate surface area is 189 Å². The fourth-order valence-electron chi connectivity index (χ4n) is 4.31. The first-order chi connectivity index (χ1) is 15.3. The fraction of sp³-hybridized carbons (Fsp3) is 0.480. The van der Waals surface area contributed by atoms with Gasteiger partial charge in [-0.3, -0.25) is 9.13 Å². The summed E-state index contributed by atoms with van der Waals surface area (Å²) in [6.07, 6.45) is 8.17. The predicted molar refractivity (Wildman–Crippen MR) is 127 cm³/mol. The van der Waals surface area contributed by atoms with Gasteiger partial charge in [0.2, 0.25) is 5.95 Å². The van der Waals surface area contributed by atoms with E-state index in [4.69, 9.17) is 4.98 Å². The van der Waals surface area contributed by atoms with Crippen LogP contribution in [0.3, 0.4) is 0 Å². The third-order valence-corrected chi connectivity index (χ3v) is 6.46. The van der Waals surface area contributed by atoms with Crippen LogP contribution >= 0.6 is 0 Å². The van der Waals surface area contributed by atoms with E-state index in [0.29, 0.717) is 23.4 Å². The van der Waals surface area contributed by atoms with Crippen molar-refractivity contribution in [1.82, 2.24) is 19.1 Å². The van der Waals surface area contributed by atoms with Crippen LogP contribution in [0.4, 0.5) is 5.95 Å². The van der Waals surface area contributed by atoms with Crippen LogP contribution in [0.5, 0.6) is 0 Å². The highest BCUT2D eigenvalue weighted by Gasteiger charge is 2.26. The number of imidazole rings is 1. The Morgan fingerprint density at radius 3 is 2.62 bits per heavy atom. The summed E-state index contributed by atoms with van der Waals surface area (Å²) in [5, 5.41) is 13.4. The van der Waals surface area contributed by atoms with Crippen LogP contribution in [-0.2, 0) is 5.54 Å². The molecule has 0 spiro atoms. The van der Waals surface area contributed by atoms with E-state index in [-0.39, 0.29) is 12.3 Å². The van der Waals surface area contributed by atoms with Crippen LogP contribution in [-0.4, -0.2) is 36.9 Å². The van der Waals surface area contributed by atoms with Gasteiger partial charge in [-0.25, -0.2) is 14.8 Å². The van der Waals surface area contributed by atoms with E-state index in [0.717, 1.165) is 30.0 Å². The first kappa shape index (κ1) is 22.3. The first-order valence-electron chi connectivity index (χ1n) is 11.4. The van der Waals surface area contributed by atoms with Crippen molar-refractivity contribution >= 4 is 5.95 Å². The van der Waals surface area contributed by atoms with Gasteiger partial charge < -0.3 is 10.4 Å². The lowest BCUT2D eigenvalue weighted by Gasteiger charge is -2.26. The number of aliphatic hydroxyl groups excluding tert-OH is 1. The molecule has 0 amide bonds. The molecule has 7 heteroatoms. The number of benzene rings is 1. The van der Waals surface area contributed by atoms with Crippen molar-refractivity contribution in [3.05, 3.63) is 58.8 Å². The first-order valence-corrected chi connectivity index (χ1v) is 11.4. The zero-order valence-corrected chi connectivity index (χ0v) is 19.4. The second kappa shape index (κ2) is 8.90. The van der Waals surface area contributed by atoms with E-state index in [2.05, 4.69) is 17.2 Å². The molecule has 1 saturated carbocycles. The molecule has 32 heavy (non-hydrogen) atoms. The van der Waals surface area contributed by atoms with Crippen LogP contribution < -0.4 is 11.0 Å². The number of anilines is 1. The van der Waals surface area contributed by atoms with Gasteiger partial charge >= 0.3 is 5.69 Å². The second-order valence-electron chi connectivity index (χ2n) is 9.68. The molecule has 1 aromatic carbocycles. The molecule has 2 heterocycles. The summed E-state index contributed by atoms with van der Waals surface area (Å²) in [6.45, 7) is 7.84. The number of rotatable bonds is 6. The third kappa shape index (κ3) is 4.48. The Morgan fingerprint density at radius 2 is 1.94 bits per heavy atom. The highest BCUT2D eigenvalue weighted by atomic mass is 16.3. The molecule has 0 unspecified atom stereocenters. The number of aryl methyl sites for hydroxylation is 1. The Balaban J connectivity index is 1.77. The summed E-state index contributed by atoms with van der Waals surface area (Å²) in [5.41, 5.74) is 2.22. The number of hydrogen-bond acceptors (Lipinski definition) is 5. The standard InChI is InChI=1S/C25H33N5O2/c1-17-8-10-19(11-9-17)27-23-26-13-12-21(28-23)22-15-29(25(3,4)16-31)24(32)30(22)20-7-5-6-18(2)14-20/h5-7,12-15,17,19,31H,8-11,16H2,1-4H3,(H,26,27,28). The Morgan fingerprint density at radius 1 is 1.19 bits per heavy atom. The largest absolute Gasteiger partial charge is 0.394 e. The molecule has 0 saturated heterocycles. The van der Waals surface area contributed by atoms with E-state index in [1.807, 2.05) is 51.1 Å². The van der Waals surface area contributed by atoms with Crippen molar-refractivity contribution in [2.45, 2.75) is 65.0 Å². The maximum atomic E-state index is 13.5. The summed E-state index contributed by atoms with van der Waals surface area (Å²) in [7, 11) is 0. The molecule has 7 nitrogen and oxygen atoms in total. The second-order valence-corrected chi connectivity index (χ2v) is 9.68. The minimum Gasteiger partial charge on any atom is -0.394 e. The van der Waals surface area contributed by atoms with Gasteiger partial charge in [0.25, 0.3) is 0 Å². The van der Waals surface area contributed by atoms with Gasteiger partial charge in [0.1, 0.15) is 0 Å². The van der Waals surface area contributed by atoms with Crippen molar-refractivity contribution in [1.29, 1.82) is 0 Å². The van der Waals surface area contributed by atoms with Crippen molar-refractivity contribution in [2.75, 3.05) is 11.9 Å². The SMILES string of the molecule is Cc1cccc(-n2c(-c3ccnc(NC4CCC(C)CC4)n3)cn(C(C)(C)CO)c2=O)c1. The number of nitrogens with zero attached hydrogens (tertiary/aromatic N) is 4. The van der Waals surface area contributed by atoms with Crippen LogP contribution in [0.2, 0.25) is 0 Å². The molecular formula is C25H33N5O2.